The molecule has 0 aliphatic rings. The predicted molar refractivity (Wildman–Crippen MR) is 74.3 cm³/mol. The van der Waals surface area contributed by atoms with Crippen LogP contribution in [0.2, 0.25) is 0 Å². The highest BCUT2D eigenvalue weighted by Crippen LogP contribution is 2.20. The van der Waals surface area contributed by atoms with Gasteiger partial charge in [-0.25, -0.2) is 0 Å². The minimum absolute atomic E-state index is 0.438. The summed E-state index contributed by atoms with van der Waals surface area (Å²) in [7, 11) is 0. The van der Waals surface area contributed by atoms with Crippen molar-refractivity contribution in [2.45, 2.75) is 0 Å². The molecule has 0 unspecified atom stereocenters. The highest BCUT2D eigenvalue weighted by Gasteiger charge is 1.95. The van der Waals surface area contributed by atoms with Gasteiger partial charge in [-0.05, 0) is 76.3 Å². The summed E-state index contributed by atoms with van der Waals surface area (Å²) < 4.78 is 1.20. The van der Waals surface area contributed by atoms with Crippen molar-refractivity contribution in [2.75, 3.05) is 5.32 Å². The molecule has 2 aromatic carbocycles. The maximum atomic E-state index is 10.2. The van der Waals surface area contributed by atoms with Crippen LogP contribution in [0.1, 0.15) is 0 Å². The highest BCUT2D eigenvalue weighted by atomic mass is 127. The predicted octanol–water partition coefficient (Wildman–Crippen LogP) is 4.43. The van der Waals surface area contributed by atoms with Gasteiger partial charge in [-0.3, -0.25) is 0 Å². The maximum Gasteiger partial charge on any atom is 0.108 e. The molecule has 0 aliphatic heterocycles. The van der Waals surface area contributed by atoms with Crippen LogP contribution >= 0.6 is 22.6 Å². The van der Waals surface area contributed by atoms with Crippen LogP contribution in [-0.4, -0.2) is 0 Å². The second-order valence-electron chi connectivity index (χ2n) is 3.27. The first kappa shape index (κ1) is 11.1. The molecule has 16 heavy (non-hydrogen) atoms. The van der Waals surface area contributed by atoms with Crippen LogP contribution in [0, 0.1) is 8.48 Å². The zero-order valence-corrected chi connectivity index (χ0v) is 10.5. The summed E-state index contributed by atoms with van der Waals surface area (Å²) in [6, 6.07) is 15.1. The molecule has 0 saturated carbocycles. The van der Waals surface area contributed by atoms with Crippen LogP contribution in [0.25, 0.3) is 0 Å². The van der Waals surface area contributed by atoms with E-state index in [1.54, 1.807) is 12.1 Å². The van der Waals surface area contributed by atoms with E-state index in [4.69, 9.17) is 0 Å². The SMILES string of the molecule is O=Nc1ccc(Nc2ccc(I)cc2)cc1. The lowest BCUT2D eigenvalue weighted by Gasteiger charge is -2.05. The highest BCUT2D eigenvalue weighted by molar-refractivity contribution is 14.1. The van der Waals surface area contributed by atoms with Crippen molar-refractivity contribution in [3.05, 3.63) is 57.0 Å². The molecule has 2 rings (SSSR count). The normalized spacial score (nSPS) is 9.81. The summed E-state index contributed by atoms with van der Waals surface area (Å²) >= 11 is 2.26. The zero-order chi connectivity index (χ0) is 11.4. The smallest absolute Gasteiger partial charge is 0.108 e. The summed E-state index contributed by atoms with van der Waals surface area (Å²) in [4.78, 5) is 10.2. The van der Waals surface area contributed by atoms with Gasteiger partial charge < -0.3 is 5.32 Å². The third-order valence-corrected chi connectivity index (χ3v) is 2.82. The van der Waals surface area contributed by atoms with Gasteiger partial charge in [-0.2, -0.15) is 0 Å². The maximum absolute atomic E-state index is 10.2. The van der Waals surface area contributed by atoms with Crippen LogP contribution in [0.4, 0.5) is 17.1 Å². The number of nitrogens with zero attached hydrogens (tertiary/aromatic N) is 1. The first-order valence-electron chi connectivity index (χ1n) is 4.74. The Morgan fingerprint density at radius 2 is 1.38 bits per heavy atom. The summed E-state index contributed by atoms with van der Waals surface area (Å²) in [5, 5.41) is 6.09. The van der Waals surface area contributed by atoms with Gasteiger partial charge in [0.05, 0.1) is 0 Å². The fourth-order valence-electron chi connectivity index (χ4n) is 1.31. The van der Waals surface area contributed by atoms with E-state index in [1.165, 1.54) is 3.57 Å². The van der Waals surface area contributed by atoms with Crippen LogP contribution in [0.15, 0.2) is 53.7 Å². The van der Waals surface area contributed by atoms with Crippen LogP contribution < -0.4 is 5.32 Å². The summed E-state index contributed by atoms with van der Waals surface area (Å²) in [5.41, 5.74) is 2.40. The van der Waals surface area contributed by atoms with E-state index in [0.29, 0.717) is 5.69 Å². The number of hydrogen-bond donors (Lipinski definition) is 1. The van der Waals surface area contributed by atoms with E-state index in [1.807, 2.05) is 36.4 Å². The molecule has 0 fully saturated rings. The molecule has 0 saturated heterocycles. The van der Waals surface area contributed by atoms with Crippen molar-refractivity contribution in [3.63, 3.8) is 0 Å². The zero-order valence-electron chi connectivity index (χ0n) is 8.35. The monoisotopic (exact) mass is 324 g/mol. The number of rotatable bonds is 3. The Kier molecular flexibility index (Phi) is 3.51. The molecule has 0 bridgehead atoms. The fraction of sp³-hybridized carbons (Fsp3) is 0. The van der Waals surface area contributed by atoms with Crippen molar-refractivity contribution in [1.82, 2.24) is 0 Å². The van der Waals surface area contributed by atoms with Gasteiger partial charge in [0.25, 0.3) is 0 Å². The molecule has 0 amide bonds. The lowest BCUT2D eigenvalue weighted by Crippen LogP contribution is -1.89. The number of hydrogen-bond acceptors (Lipinski definition) is 3. The van der Waals surface area contributed by atoms with E-state index in [-0.39, 0.29) is 0 Å². The average molecular weight is 324 g/mol. The summed E-state index contributed by atoms with van der Waals surface area (Å²) in [6.45, 7) is 0. The molecule has 0 heterocycles. The number of nitrogens with one attached hydrogen (secondary N) is 1. The van der Waals surface area contributed by atoms with Crippen LogP contribution in [0.5, 0.6) is 0 Å². The van der Waals surface area contributed by atoms with Gasteiger partial charge >= 0.3 is 0 Å². The Balaban J connectivity index is 2.14. The van der Waals surface area contributed by atoms with Crippen molar-refractivity contribution in [2.24, 2.45) is 5.18 Å². The van der Waals surface area contributed by atoms with E-state index >= 15 is 0 Å². The molecule has 3 nitrogen and oxygen atoms in total. The molecule has 2 aromatic rings. The van der Waals surface area contributed by atoms with Crippen molar-refractivity contribution >= 4 is 39.7 Å². The van der Waals surface area contributed by atoms with E-state index in [9.17, 15) is 4.91 Å². The second-order valence-corrected chi connectivity index (χ2v) is 4.52. The van der Waals surface area contributed by atoms with Gasteiger partial charge in [0.1, 0.15) is 5.69 Å². The molecule has 0 atom stereocenters. The van der Waals surface area contributed by atoms with E-state index < -0.39 is 0 Å². The van der Waals surface area contributed by atoms with Crippen molar-refractivity contribution in [3.8, 4) is 0 Å². The van der Waals surface area contributed by atoms with Crippen molar-refractivity contribution < 1.29 is 0 Å². The Morgan fingerprint density at radius 1 is 0.875 bits per heavy atom. The molecule has 0 aromatic heterocycles. The summed E-state index contributed by atoms with van der Waals surface area (Å²) in [6.07, 6.45) is 0. The standard InChI is InChI=1S/C12H9IN2O/c13-9-1-3-10(4-2-9)14-11-5-7-12(15-16)8-6-11/h1-8,14H. The number of nitroso groups, excluding NO2 is 1. The van der Waals surface area contributed by atoms with Crippen LogP contribution in [-0.2, 0) is 0 Å². The minimum atomic E-state index is 0.438. The van der Waals surface area contributed by atoms with E-state index in [0.717, 1.165) is 11.4 Å². The Labute approximate surface area is 107 Å². The Bertz CT molecular complexity index is 479. The molecular formula is C12H9IN2O. The minimum Gasteiger partial charge on any atom is -0.356 e. The first-order valence-corrected chi connectivity index (χ1v) is 5.82. The molecular weight excluding hydrogens is 315 g/mol. The quantitative estimate of drug-likeness (QED) is 0.670. The number of anilines is 2. The third-order valence-electron chi connectivity index (χ3n) is 2.11. The third kappa shape index (κ3) is 2.79. The molecule has 4 heteroatoms. The number of benzene rings is 2. The van der Waals surface area contributed by atoms with Gasteiger partial charge in [-0.15, -0.1) is 4.91 Å². The van der Waals surface area contributed by atoms with Crippen molar-refractivity contribution in [1.29, 1.82) is 0 Å². The van der Waals surface area contributed by atoms with E-state index in [2.05, 4.69) is 33.1 Å². The lowest BCUT2D eigenvalue weighted by molar-refractivity contribution is 1.48. The molecule has 80 valence electrons. The lowest BCUT2D eigenvalue weighted by atomic mass is 10.2. The fourth-order valence-corrected chi connectivity index (χ4v) is 1.67. The second kappa shape index (κ2) is 5.07. The Hall–Kier alpha value is -1.43. The molecule has 0 radical (unpaired) electrons. The van der Waals surface area contributed by atoms with Gasteiger partial charge in [0.2, 0.25) is 0 Å². The van der Waals surface area contributed by atoms with Crippen LogP contribution in [0.3, 0.4) is 0 Å². The summed E-state index contributed by atoms with van der Waals surface area (Å²) in [5.74, 6) is 0. The first-order chi connectivity index (χ1) is 7.78. The molecule has 0 aliphatic carbocycles. The Morgan fingerprint density at radius 3 is 1.88 bits per heavy atom. The molecule has 0 spiro atoms. The average Bonchev–Trinajstić information content (AvgIpc) is 2.33. The van der Waals surface area contributed by atoms with Gasteiger partial charge in [0.15, 0.2) is 0 Å². The largest absolute Gasteiger partial charge is 0.356 e. The van der Waals surface area contributed by atoms with Gasteiger partial charge in [0, 0.05) is 14.9 Å². The number of halogens is 1. The van der Waals surface area contributed by atoms with Gasteiger partial charge in [-0.1, -0.05) is 0 Å². The molecule has 1 N–H and O–H groups in total. The topological polar surface area (TPSA) is 41.5 Å².